The highest BCUT2D eigenvalue weighted by atomic mass is 16.5. The monoisotopic (exact) mass is 350 g/mol. The first-order chi connectivity index (χ1) is 12.1. The van der Waals surface area contributed by atoms with Crippen molar-refractivity contribution >= 4 is 5.91 Å². The Morgan fingerprint density at radius 2 is 1.84 bits per heavy atom. The van der Waals surface area contributed by atoms with Crippen LogP contribution in [0.15, 0.2) is 12.1 Å². The number of hydrogen-bond acceptors (Lipinski definition) is 6. The van der Waals surface area contributed by atoms with Gasteiger partial charge in [-0.1, -0.05) is 6.07 Å². The third-order valence-electron chi connectivity index (χ3n) is 5.00. The number of amides is 1. The van der Waals surface area contributed by atoms with Gasteiger partial charge < -0.3 is 23.8 Å². The van der Waals surface area contributed by atoms with E-state index in [4.69, 9.17) is 18.9 Å². The number of carbonyl (C=O) groups excluding carboxylic acids is 1. The maximum atomic E-state index is 12.5. The highest BCUT2D eigenvalue weighted by Gasteiger charge is 2.37. The third kappa shape index (κ3) is 3.39. The number of methoxy groups -OCH3 is 3. The molecule has 7 nitrogen and oxygen atoms in total. The predicted molar refractivity (Wildman–Crippen MR) is 92.2 cm³/mol. The summed E-state index contributed by atoms with van der Waals surface area (Å²) in [6.07, 6.45) is 0. The second kappa shape index (κ2) is 7.49. The SMILES string of the molecule is COc1ccc(CN2C[C@@H]3COC[C@H](C2)N(C)C3=O)c(OC)c1OC. The summed E-state index contributed by atoms with van der Waals surface area (Å²) < 4.78 is 22.1. The molecule has 1 aromatic rings. The standard InChI is InChI=1S/C18H26N2O5/c1-19-14-9-20(8-13(18(19)21)10-25-11-14)7-12-5-6-15(22-2)17(24-4)16(12)23-3/h5-6,13-14H,7-11H2,1-4H3/t13-,14+/m1/s1. The van der Waals surface area contributed by atoms with E-state index in [-0.39, 0.29) is 17.9 Å². The topological polar surface area (TPSA) is 60.5 Å². The van der Waals surface area contributed by atoms with Crippen LogP contribution < -0.4 is 14.2 Å². The predicted octanol–water partition coefficient (Wildman–Crippen LogP) is 1.00. The highest BCUT2D eigenvalue weighted by Crippen LogP contribution is 2.40. The van der Waals surface area contributed by atoms with E-state index in [1.165, 1.54) is 0 Å². The lowest BCUT2D eigenvalue weighted by atomic mass is 10.1. The maximum Gasteiger partial charge on any atom is 0.229 e. The van der Waals surface area contributed by atoms with Crippen LogP contribution in [0.1, 0.15) is 5.56 Å². The van der Waals surface area contributed by atoms with Gasteiger partial charge in [0.05, 0.1) is 46.5 Å². The molecular weight excluding hydrogens is 324 g/mol. The number of rotatable bonds is 5. The Hall–Kier alpha value is -1.99. The highest BCUT2D eigenvalue weighted by molar-refractivity contribution is 5.80. The Labute approximate surface area is 148 Å². The quantitative estimate of drug-likeness (QED) is 0.790. The summed E-state index contributed by atoms with van der Waals surface area (Å²) in [6, 6.07) is 3.95. The number of hydrogen-bond donors (Lipinski definition) is 0. The van der Waals surface area contributed by atoms with Crippen LogP contribution in [0.5, 0.6) is 17.2 Å². The molecule has 0 spiro atoms. The zero-order valence-electron chi connectivity index (χ0n) is 15.3. The Morgan fingerprint density at radius 1 is 1.08 bits per heavy atom. The molecule has 3 rings (SSSR count). The number of carbonyl (C=O) groups is 1. The van der Waals surface area contributed by atoms with Gasteiger partial charge in [0.1, 0.15) is 0 Å². The first kappa shape index (κ1) is 17.8. The van der Waals surface area contributed by atoms with E-state index in [1.807, 2.05) is 24.1 Å². The minimum atomic E-state index is -0.122. The minimum Gasteiger partial charge on any atom is -0.493 e. The Bertz CT molecular complexity index is 636. The van der Waals surface area contributed by atoms with E-state index in [2.05, 4.69) is 4.90 Å². The summed E-state index contributed by atoms with van der Waals surface area (Å²) in [6.45, 7) is 3.20. The van der Waals surface area contributed by atoms with Crippen molar-refractivity contribution in [2.75, 3.05) is 54.7 Å². The van der Waals surface area contributed by atoms with Crippen molar-refractivity contribution < 1.29 is 23.7 Å². The molecule has 138 valence electrons. The lowest BCUT2D eigenvalue weighted by Gasteiger charge is -2.29. The van der Waals surface area contributed by atoms with Crippen LogP contribution in [0.3, 0.4) is 0 Å². The minimum absolute atomic E-state index is 0.0751. The van der Waals surface area contributed by atoms with E-state index in [0.717, 1.165) is 12.1 Å². The van der Waals surface area contributed by atoms with Gasteiger partial charge in [-0.05, 0) is 6.07 Å². The van der Waals surface area contributed by atoms with Crippen LogP contribution in [-0.4, -0.2) is 76.4 Å². The molecule has 2 heterocycles. The van der Waals surface area contributed by atoms with Crippen LogP contribution in [-0.2, 0) is 16.1 Å². The summed E-state index contributed by atoms with van der Waals surface area (Å²) in [4.78, 5) is 16.6. The van der Waals surface area contributed by atoms with Gasteiger partial charge in [-0.2, -0.15) is 0 Å². The molecule has 0 aliphatic carbocycles. The Kier molecular flexibility index (Phi) is 5.34. The molecule has 0 unspecified atom stereocenters. The maximum absolute atomic E-state index is 12.5. The van der Waals surface area contributed by atoms with Crippen LogP contribution in [0.2, 0.25) is 0 Å². The summed E-state index contributed by atoms with van der Waals surface area (Å²) in [5, 5.41) is 0. The van der Waals surface area contributed by atoms with Crippen LogP contribution in [0, 0.1) is 5.92 Å². The second-order valence-corrected chi connectivity index (χ2v) is 6.52. The molecule has 1 aromatic carbocycles. The first-order valence-electron chi connectivity index (χ1n) is 8.43. The zero-order valence-corrected chi connectivity index (χ0v) is 15.3. The number of fused-ring (bicyclic) bond motifs is 3. The van der Waals surface area contributed by atoms with Gasteiger partial charge in [-0.3, -0.25) is 9.69 Å². The van der Waals surface area contributed by atoms with Crippen LogP contribution in [0.4, 0.5) is 0 Å². The normalized spacial score (nSPS) is 24.0. The lowest BCUT2D eigenvalue weighted by molar-refractivity contribution is -0.133. The smallest absolute Gasteiger partial charge is 0.229 e. The van der Waals surface area contributed by atoms with Gasteiger partial charge in [0.2, 0.25) is 11.7 Å². The van der Waals surface area contributed by atoms with E-state index in [9.17, 15) is 4.79 Å². The number of benzene rings is 1. The molecule has 2 atom stereocenters. The molecule has 7 heteroatoms. The number of nitrogens with zero attached hydrogens (tertiary/aromatic N) is 2. The van der Waals surface area contributed by atoms with Crippen molar-refractivity contribution in [1.29, 1.82) is 0 Å². The average molecular weight is 350 g/mol. The van der Waals surface area contributed by atoms with Crippen molar-refractivity contribution in [1.82, 2.24) is 9.80 Å². The molecule has 2 aliphatic heterocycles. The summed E-state index contributed by atoms with van der Waals surface area (Å²) >= 11 is 0. The van der Waals surface area contributed by atoms with Crippen LogP contribution in [0.25, 0.3) is 0 Å². The van der Waals surface area contributed by atoms with E-state index in [1.54, 1.807) is 21.3 Å². The zero-order chi connectivity index (χ0) is 18.0. The molecule has 0 aromatic heterocycles. The van der Waals surface area contributed by atoms with Gasteiger partial charge in [0.25, 0.3) is 0 Å². The second-order valence-electron chi connectivity index (χ2n) is 6.52. The van der Waals surface area contributed by atoms with E-state index < -0.39 is 0 Å². The molecule has 2 bridgehead atoms. The molecule has 0 radical (unpaired) electrons. The number of likely N-dealkylation sites (N-methyl/N-ethyl adjacent to an activating group) is 1. The summed E-state index contributed by atoms with van der Waals surface area (Å²) in [5.74, 6) is 1.95. The fourth-order valence-corrected chi connectivity index (χ4v) is 3.65. The average Bonchev–Trinajstić information content (AvgIpc) is 2.80. The first-order valence-corrected chi connectivity index (χ1v) is 8.43. The van der Waals surface area contributed by atoms with Gasteiger partial charge in [0, 0.05) is 32.2 Å². The third-order valence-corrected chi connectivity index (χ3v) is 5.00. The van der Waals surface area contributed by atoms with Crippen LogP contribution >= 0.6 is 0 Å². The lowest BCUT2D eigenvalue weighted by Crippen LogP contribution is -2.42. The fraction of sp³-hybridized carbons (Fsp3) is 0.611. The van der Waals surface area contributed by atoms with Crippen molar-refractivity contribution in [3.05, 3.63) is 17.7 Å². The van der Waals surface area contributed by atoms with Gasteiger partial charge in [-0.15, -0.1) is 0 Å². The molecule has 2 saturated heterocycles. The van der Waals surface area contributed by atoms with Crippen molar-refractivity contribution in [3.63, 3.8) is 0 Å². The Balaban J connectivity index is 1.86. The van der Waals surface area contributed by atoms with Gasteiger partial charge in [-0.25, -0.2) is 0 Å². The Morgan fingerprint density at radius 3 is 2.52 bits per heavy atom. The number of ether oxygens (including phenoxy) is 4. The molecule has 2 fully saturated rings. The summed E-state index contributed by atoms with van der Waals surface area (Å²) in [7, 11) is 6.71. The molecule has 2 aliphatic rings. The van der Waals surface area contributed by atoms with E-state index in [0.29, 0.717) is 43.6 Å². The molecule has 25 heavy (non-hydrogen) atoms. The molecule has 0 N–H and O–H groups in total. The van der Waals surface area contributed by atoms with Gasteiger partial charge in [0.15, 0.2) is 11.5 Å². The van der Waals surface area contributed by atoms with Crippen molar-refractivity contribution in [2.24, 2.45) is 5.92 Å². The molecule has 1 amide bonds. The van der Waals surface area contributed by atoms with Crippen molar-refractivity contribution in [2.45, 2.75) is 12.6 Å². The largest absolute Gasteiger partial charge is 0.493 e. The van der Waals surface area contributed by atoms with Gasteiger partial charge >= 0.3 is 0 Å². The van der Waals surface area contributed by atoms with E-state index >= 15 is 0 Å². The molecule has 0 saturated carbocycles. The van der Waals surface area contributed by atoms with Crippen molar-refractivity contribution in [3.8, 4) is 17.2 Å². The molecular formula is C18H26N2O5. The summed E-state index contributed by atoms with van der Waals surface area (Å²) in [5.41, 5.74) is 1.01. The fourth-order valence-electron chi connectivity index (χ4n) is 3.65.